The van der Waals surface area contributed by atoms with Crippen LogP contribution in [0.3, 0.4) is 0 Å². The van der Waals surface area contributed by atoms with Crippen molar-refractivity contribution in [1.82, 2.24) is 0 Å². The van der Waals surface area contributed by atoms with Gasteiger partial charge in [0.15, 0.2) is 0 Å². The first-order chi connectivity index (χ1) is 12.0. The highest BCUT2D eigenvalue weighted by molar-refractivity contribution is 6.23. The molecule has 0 radical (unpaired) electrons. The molecule has 1 heterocycles. The Hall–Kier alpha value is -2.70. The molecule has 0 unspecified atom stereocenters. The molecular weight excluding hydrogens is 324 g/mol. The quantitative estimate of drug-likeness (QED) is 0.364. The number of hydrogen-bond acceptors (Lipinski definition) is 5. The van der Waals surface area contributed by atoms with E-state index < -0.39 is 4.92 Å². The minimum absolute atomic E-state index is 0.117. The fraction of sp³-hybridized carbons (Fsp3) is 0.444. The number of imide groups is 1. The third-order valence-electron chi connectivity index (χ3n) is 6.28. The molecule has 1 aromatic rings. The second-order valence-corrected chi connectivity index (χ2v) is 7.28. The molecule has 5 aliphatic rings. The lowest BCUT2D eigenvalue weighted by Crippen LogP contribution is -2.40. The summed E-state index contributed by atoms with van der Waals surface area (Å²) in [5.41, 5.74) is 0.00406. The lowest BCUT2D eigenvalue weighted by molar-refractivity contribution is -0.384. The summed E-state index contributed by atoms with van der Waals surface area (Å²) in [4.78, 5) is 37.9. The van der Waals surface area contributed by atoms with E-state index >= 15 is 0 Å². The average Bonchev–Trinajstić information content (AvgIpc) is 3.39. The molecule has 2 amide bonds. The number of amides is 2. The Balaban J connectivity index is 1.60. The zero-order chi connectivity index (χ0) is 17.5. The third kappa shape index (κ3) is 1.75. The van der Waals surface area contributed by atoms with E-state index in [9.17, 15) is 19.7 Å². The van der Waals surface area contributed by atoms with Gasteiger partial charge in [-0.2, -0.15) is 0 Å². The Morgan fingerprint density at radius 3 is 2.24 bits per heavy atom. The number of ether oxygens (including phenoxy) is 1. The molecule has 2 saturated carbocycles. The van der Waals surface area contributed by atoms with Gasteiger partial charge in [-0.15, -0.1) is 0 Å². The van der Waals surface area contributed by atoms with E-state index in [1.165, 1.54) is 25.3 Å². The molecule has 1 aromatic carbocycles. The van der Waals surface area contributed by atoms with E-state index in [2.05, 4.69) is 12.2 Å². The monoisotopic (exact) mass is 340 g/mol. The molecule has 0 spiro atoms. The van der Waals surface area contributed by atoms with Crippen molar-refractivity contribution >= 4 is 23.2 Å². The van der Waals surface area contributed by atoms with Gasteiger partial charge in [0.05, 0.1) is 23.9 Å². The Morgan fingerprint density at radius 2 is 1.72 bits per heavy atom. The van der Waals surface area contributed by atoms with E-state index in [1.54, 1.807) is 0 Å². The smallest absolute Gasteiger partial charge is 0.271 e. The van der Waals surface area contributed by atoms with Crippen LogP contribution < -0.4 is 9.64 Å². The maximum absolute atomic E-state index is 13.1. The molecule has 2 bridgehead atoms. The van der Waals surface area contributed by atoms with Gasteiger partial charge in [0.2, 0.25) is 11.8 Å². The molecule has 7 heteroatoms. The van der Waals surface area contributed by atoms with Crippen molar-refractivity contribution in [2.45, 2.75) is 6.42 Å². The van der Waals surface area contributed by atoms with E-state index in [-0.39, 0.29) is 52.6 Å². The molecule has 6 atom stereocenters. The standard InChI is InChI=1S/C18H16N2O5/c1-25-14-5-2-8(20(23)24)6-13(14)19-17(21)15-9-3-4-10(12-7-11(9)12)16(15)18(19)22/h2-6,9-12,15-16H,7H2,1H3/t9-,10-,11-,12-,15+,16+/m1/s1. The van der Waals surface area contributed by atoms with Crippen molar-refractivity contribution in [3.63, 3.8) is 0 Å². The van der Waals surface area contributed by atoms with Crippen molar-refractivity contribution in [3.05, 3.63) is 40.5 Å². The van der Waals surface area contributed by atoms with Crippen LogP contribution in [0.25, 0.3) is 0 Å². The summed E-state index contributed by atoms with van der Waals surface area (Å²) < 4.78 is 5.26. The van der Waals surface area contributed by atoms with E-state index in [4.69, 9.17) is 4.74 Å². The van der Waals surface area contributed by atoms with Crippen molar-refractivity contribution in [1.29, 1.82) is 0 Å². The van der Waals surface area contributed by atoms with Crippen molar-refractivity contribution in [2.24, 2.45) is 35.5 Å². The van der Waals surface area contributed by atoms with Crippen LogP contribution >= 0.6 is 0 Å². The zero-order valence-corrected chi connectivity index (χ0v) is 13.5. The Labute approximate surface area is 143 Å². The number of rotatable bonds is 3. The predicted molar refractivity (Wildman–Crippen MR) is 86.8 cm³/mol. The summed E-state index contributed by atoms with van der Waals surface area (Å²) >= 11 is 0. The molecule has 25 heavy (non-hydrogen) atoms. The fourth-order valence-corrected chi connectivity index (χ4v) is 5.16. The van der Waals surface area contributed by atoms with Crippen molar-refractivity contribution in [2.75, 3.05) is 12.0 Å². The molecule has 0 N–H and O–H groups in total. The predicted octanol–water partition coefficient (Wildman–Crippen LogP) is 2.16. The number of benzene rings is 1. The average molecular weight is 340 g/mol. The Bertz CT molecular complexity index is 827. The number of allylic oxidation sites excluding steroid dienone is 2. The number of hydrogen-bond donors (Lipinski definition) is 0. The molecule has 7 nitrogen and oxygen atoms in total. The van der Waals surface area contributed by atoms with Crippen LogP contribution in [0.2, 0.25) is 0 Å². The van der Waals surface area contributed by atoms with Gasteiger partial charge in [-0.3, -0.25) is 19.7 Å². The molecule has 6 rings (SSSR count). The highest BCUT2D eigenvalue weighted by Gasteiger charge is 2.67. The van der Waals surface area contributed by atoms with Gasteiger partial charge in [0.25, 0.3) is 5.69 Å². The van der Waals surface area contributed by atoms with Crippen LogP contribution in [-0.2, 0) is 9.59 Å². The number of nitro groups is 1. The summed E-state index contributed by atoms with van der Waals surface area (Å²) in [7, 11) is 1.42. The Kier molecular flexibility index (Phi) is 2.74. The molecule has 1 saturated heterocycles. The second-order valence-electron chi connectivity index (χ2n) is 7.28. The molecular formula is C18H16N2O5. The van der Waals surface area contributed by atoms with E-state index in [0.717, 1.165) is 11.3 Å². The molecule has 3 fully saturated rings. The minimum Gasteiger partial charge on any atom is -0.495 e. The number of nitro benzene ring substituents is 1. The van der Waals surface area contributed by atoms with Crippen LogP contribution in [-0.4, -0.2) is 23.8 Å². The number of anilines is 1. The minimum atomic E-state index is -0.540. The fourth-order valence-electron chi connectivity index (χ4n) is 5.16. The second kappa shape index (κ2) is 4.68. The summed E-state index contributed by atoms with van der Waals surface area (Å²) in [5.74, 6) is 0.371. The van der Waals surface area contributed by atoms with Gasteiger partial charge in [0.1, 0.15) is 11.4 Å². The summed E-state index contributed by atoms with van der Waals surface area (Å²) in [5, 5.41) is 11.1. The highest BCUT2D eigenvalue weighted by Crippen LogP contribution is 2.65. The van der Waals surface area contributed by atoms with Crippen LogP contribution in [0.15, 0.2) is 30.4 Å². The molecule has 0 aromatic heterocycles. The van der Waals surface area contributed by atoms with Crippen LogP contribution in [0.5, 0.6) is 5.75 Å². The first kappa shape index (κ1) is 14.6. The lowest BCUT2D eigenvalue weighted by Gasteiger charge is -2.37. The largest absolute Gasteiger partial charge is 0.495 e. The molecule has 1 aliphatic heterocycles. The number of methoxy groups -OCH3 is 1. The van der Waals surface area contributed by atoms with Gasteiger partial charge in [-0.05, 0) is 36.2 Å². The molecule has 128 valence electrons. The van der Waals surface area contributed by atoms with Gasteiger partial charge in [-0.1, -0.05) is 12.2 Å². The Morgan fingerprint density at radius 1 is 1.12 bits per heavy atom. The number of non-ortho nitro benzene ring substituents is 1. The van der Waals surface area contributed by atoms with Gasteiger partial charge in [0, 0.05) is 12.1 Å². The normalized spacial score (nSPS) is 37.1. The summed E-state index contributed by atoms with van der Waals surface area (Å²) in [6.07, 6.45) is 5.29. The van der Waals surface area contributed by atoms with Gasteiger partial charge < -0.3 is 4.74 Å². The van der Waals surface area contributed by atoms with Gasteiger partial charge in [-0.25, -0.2) is 4.90 Å². The molecule has 4 aliphatic carbocycles. The van der Waals surface area contributed by atoms with E-state index in [1.807, 2.05) is 0 Å². The maximum Gasteiger partial charge on any atom is 0.271 e. The number of carbonyl (C=O) groups is 2. The lowest BCUT2D eigenvalue weighted by atomic mass is 9.63. The topological polar surface area (TPSA) is 89.8 Å². The third-order valence-corrected chi connectivity index (χ3v) is 6.28. The van der Waals surface area contributed by atoms with Crippen LogP contribution in [0.1, 0.15) is 6.42 Å². The number of nitrogens with zero attached hydrogens (tertiary/aromatic N) is 2. The SMILES string of the molecule is COc1ccc([N+](=O)[O-])cc1N1C(=O)[C@H]2[C@@H]3C=C[C@H]([C@H]4C[C@H]34)[C@@H]2C1=O. The first-order valence-corrected chi connectivity index (χ1v) is 8.41. The summed E-state index contributed by atoms with van der Waals surface area (Å²) in [6.45, 7) is 0. The van der Waals surface area contributed by atoms with Crippen molar-refractivity contribution in [3.8, 4) is 5.75 Å². The van der Waals surface area contributed by atoms with Crippen molar-refractivity contribution < 1.29 is 19.2 Å². The van der Waals surface area contributed by atoms with Gasteiger partial charge >= 0.3 is 0 Å². The zero-order valence-electron chi connectivity index (χ0n) is 13.5. The van der Waals surface area contributed by atoms with E-state index in [0.29, 0.717) is 11.8 Å². The summed E-state index contributed by atoms with van der Waals surface area (Å²) in [6, 6.07) is 3.99. The van der Waals surface area contributed by atoms with Crippen LogP contribution in [0.4, 0.5) is 11.4 Å². The number of carbonyl (C=O) groups excluding carboxylic acids is 2. The maximum atomic E-state index is 13.1. The first-order valence-electron chi connectivity index (χ1n) is 8.41. The van der Waals surface area contributed by atoms with Crippen LogP contribution in [0, 0.1) is 45.6 Å². The highest BCUT2D eigenvalue weighted by atomic mass is 16.6.